The number of aromatic nitrogens is 1. The zero-order chi connectivity index (χ0) is 11.3. The summed E-state index contributed by atoms with van der Waals surface area (Å²) in [6.07, 6.45) is 0. The first kappa shape index (κ1) is 9.46. The Kier molecular flexibility index (Phi) is 1.70. The molecule has 1 aromatic carbocycles. The van der Waals surface area contributed by atoms with Crippen molar-refractivity contribution in [2.45, 2.75) is 19.4 Å². The third-order valence-electron chi connectivity index (χ3n) is 3.07. The Morgan fingerprint density at radius 1 is 1.31 bits per heavy atom. The molecule has 1 aromatic heterocycles. The fourth-order valence-corrected chi connectivity index (χ4v) is 2.23. The summed E-state index contributed by atoms with van der Waals surface area (Å²) >= 11 is 0. The fourth-order valence-electron chi connectivity index (χ4n) is 2.23. The molecule has 16 heavy (non-hydrogen) atoms. The molecule has 0 saturated heterocycles. The molecule has 3 heteroatoms. The Bertz CT molecular complexity index is 625. The number of fused-ring (bicyclic) bond motifs is 2. The highest BCUT2D eigenvalue weighted by Gasteiger charge is 2.32. The Hall–Kier alpha value is -1.77. The van der Waals surface area contributed by atoms with Crippen molar-refractivity contribution in [2.75, 3.05) is 6.61 Å². The summed E-state index contributed by atoms with van der Waals surface area (Å²) in [6, 6.07) is 9.55. The van der Waals surface area contributed by atoms with Crippen LogP contribution in [0.2, 0.25) is 0 Å². The van der Waals surface area contributed by atoms with E-state index in [9.17, 15) is 4.79 Å². The molecule has 3 rings (SSSR count). The maximum atomic E-state index is 12.3. The second-order valence-electron chi connectivity index (χ2n) is 4.81. The van der Waals surface area contributed by atoms with Gasteiger partial charge >= 0.3 is 0 Å². The lowest BCUT2D eigenvalue weighted by Crippen LogP contribution is -2.34. The molecule has 0 aliphatic carbocycles. The van der Waals surface area contributed by atoms with Crippen LogP contribution in [0.1, 0.15) is 13.8 Å². The van der Waals surface area contributed by atoms with Crippen LogP contribution in [0.5, 0.6) is 5.88 Å². The van der Waals surface area contributed by atoms with Crippen molar-refractivity contribution in [3.8, 4) is 5.88 Å². The number of hydrogen-bond acceptors (Lipinski definition) is 2. The van der Waals surface area contributed by atoms with Gasteiger partial charge in [-0.05, 0) is 25.3 Å². The predicted octanol–water partition coefficient (Wildman–Crippen LogP) is 2.13. The van der Waals surface area contributed by atoms with Crippen molar-refractivity contribution >= 4 is 10.8 Å². The van der Waals surface area contributed by atoms with Gasteiger partial charge in [0.25, 0.3) is 5.56 Å². The molecular weight excluding hydrogens is 202 g/mol. The van der Waals surface area contributed by atoms with Crippen LogP contribution in [-0.2, 0) is 5.54 Å². The molecule has 3 nitrogen and oxygen atoms in total. The highest BCUT2D eigenvalue weighted by Crippen LogP contribution is 2.30. The number of ether oxygens (including phenoxy) is 1. The molecule has 0 saturated carbocycles. The maximum absolute atomic E-state index is 12.3. The van der Waals surface area contributed by atoms with Crippen LogP contribution in [0, 0.1) is 0 Å². The lowest BCUT2D eigenvalue weighted by Gasteiger charge is -2.18. The maximum Gasteiger partial charge on any atom is 0.261 e. The number of rotatable bonds is 0. The molecule has 1 aliphatic rings. The Morgan fingerprint density at radius 3 is 2.88 bits per heavy atom. The van der Waals surface area contributed by atoms with Gasteiger partial charge in [-0.2, -0.15) is 0 Å². The number of nitrogens with zero attached hydrogens (tertiary/aromatic N) is 1. The summed E-state index contributed by atoms with van der Waals surface area (Å²) < 4.78 is 7.31. The van der Waals surface area contributed by atoms with Gasteiger partial charge in [0.05, 0.1) is 5.54 Å². The van der Waals surface area contributed by atoms with E-state index in [1.165, 1.54) is 0 Å². The van der Waals surface area contributed by atoms with E-state index in [0.29, 0.717) is 12.5 Å². The molecular formula is C13H13NO2. The molecule has 2 heterocycles. The minimum atomic E-state index is -0.254. The van der Waals surface area contributed by atoms with Crippen LogP contribution in [0.15, 0.2) is 35.1 Å². The smallest absolute Gasteiger partial charge is 0.261 e. The van der Waals surface area contributed by atoms with E-state index >= 15 is 0 Å². The van der Waals surface area contributed by atoms with E-state index in [1.54, 1.807) is 4.57 Å². The van der Waals surface area contributed by atoms with Crippen LogP contribution in [0.4, 0.5) is 0 Å². The van der Waals surface area contributed by atoms with E-state index in [1.807, 2.05) is 44.2 Å². The topological polar surface area (TPSA) is 31.2 Å². The van der Waals surface area contributed by atoms with Gasteiger partial charge in [-0.15, -0.1) is 0 Å². The monoisotopic (exact) mass is 215 g/mol. The lowest BCUT2D eigenvalue weighted by molar-refractivity contribution is 0.270. The summed E-state index contributed by atoms with van der Waals surface area (Å²) in [4.78, 5) is 12.3. The minimum Gasteiger partial charge on any atom is -0.476 e. The molecule has 0 fully saturated rings. The summed E-state index contributed by atoms with van der Waals surface area (Å²) in [6.45, 7) is 4.58. The molecule has 0 bridgehead atoms. The van der Waals surface area contributed by atoms with E-state index in [0.717, 1.165) is 10.8 Å². The molecule has 0 atom stereocenters. The van der Waals surface area contributed by atoms with E-state index in [4.69, 9.17) is 4.74 Å². The first-order valence-corrected chi connectivity index (χ1v) is 5.38. The zero-order valence-electron chi connectivity index (χ0n) is 9.36. The van der Waals surface area contributed by atoms with Gasteiger partial charge in [0.2, 0.25) is 0 Å². The van der Waals surface area contributed by atoms with Crippen LogP contribution in [0.25, 0.3) is 10.8 Å². The van der Waals surface area contributed by atoms with Gasteiger partial charge in [0, 0.05) is 11.5 Å². The van der Waals surface area contributed by atoms with Gasteiger partial charge in [-0.3, -0.25) is 9.36 Å². The third-order valence-corrected chi connectivity index (χ3v) is 3.07. The lowest BCUT2D eigenvalue weighted by atomic mass is 10.1. The molecule has 2 aromatic rings. The molecule has 82 valence electrons. The second-order valence-corrected chi connectivity index (χ2v) is 4.81. The first-order chi connectivity index (χ1) is 7.59. The SMILES string of the molecule is CC1(C)COc2cc3ccccc3c(=O)n21. The van der Waals surface area contributed by atoms with E-state index in [2.05, 4.69) is 0 Å². The highest BCUT2D eigenvalue weighted by atomic mass is 16.5. The van der Waals surface area contributed by atoms with Crippen LogP contribution in [0.3, 0.4) is 0 Å². The predicted molar refractivity (Wildman–Crippen MR) is 63.0 cm³/mol. The van der Waals surface area contributed by atoms with Gasteiger partial charge in [0.15, 0.2) is 5.88 Å². The molecule has 0 N–H and O–H groups in total. The van der Waals surface area contributed by atoms with Gasteiger partial charge in [-0.25, -0.2) is 0 Å². The third kappa shape index (κ3) is 1.11. The van der Waals surface area contributed by atoms with Crippen molar-refractivity contribution in [3.63, 3.8) is 0 Å². The number of pyridine rings is 1. The van der Waals surface area contributed by atoms with Crippen LogP contribution in [-0.4, -0.2) is 11.2 Å². The average molecular weight is 215 g/mol. The van der Waals surface area contributed by atoms with Gasteiger partial charge in [0.1, 0.15) is 6.61 Å². The highest BCUT2D eigenvalue weighted by molar-refractivity contribution is 5.82. The molecule has 0 amide bonds. The van der Waals surface area contributed by atoms with Crippen molar-refractivity contribution < 1.29 is 4.74 Å². The van der Waals surface area contributed by atoms with Crippen molar-refractivity contribution in [1.82, 2.24) is 4.57 Å². The molecule has 1 aliphatic heterocycles. The van der Waals surface area contributed by atoms with Crippen LogP contribution < -0.4 is 10.3 Å². The molecule has 0 radical (unpaired) electrons. The first-order valence-electron chi connectivity index (χ1n) is 5.38. The van der Waals surface area contributed by atoms with Crippen molar-refractivity contribution in [3.05, 3.63) is 40.7 Å². The normalized spacial score (nSPS) is 17.1. The van der Waals surface area contributed by atoms with Gasteiger partial charge in [-0.1, -0.05) is 18.2 Å². The Morgan fingerprint density at radius 2 is 2.06 bits per heavy atom. The Labute approximate surface area is 93.3 Å². The zero-order valence-corrected chi connectivity index (χ0v) is 9.36. The number of hydrogen-bond donors (Lipinski definition) is 0. The average Bonchev–Trinajstić information content (AvgIpc) is 2.55. The van der Waals surface area contributed by atoms with Crippen LogP contribution >= 0.6 is 0 Å². The second kappa shape index (κ2) is 2.88. The Balaban J connectivity index is 2.47. The molecule has 0 spiro atoms. The van der Waals surface area contributed by atoms with Gasteiger partial charge < -0.3 is 4.74 Å². The minimum absolute atomic E-state index is 0.0376. The largest absolute Gasteiger partial charge is 0.476 e. The number of benzene rings is 1. The summed E-state index contributed by atoms with van der Waals surface area (Å²) in [7, 11) is 0. The quantitative estimate of drug-likeness (QED) is 0.674. The van der Waals surface area contributed by atoms with Crippen molar-refractivity contribution in [1.29, 1.82) is 0 Å². The molecule has 0 unspecified atom stereocenters. The summed E-state index contributed by atoms with van der Waals surface area (Å²) in [5.41, 5.74) is -0.216. The van der Waals surface area contributed by atoms with Crippen molar-refractivity contribution in [2.24, 2.45) is 0 Å². The standard InChI is InChI=1S/C13H13NO2/c1-13(2)8-16-11-7-9-5-3-4-6-10(9)12(15)14(11)13/h3-7H,8H2,1-2H3. The van der Waals surface area contributed by atoms with E-state index in [-0.39, 0.29) is 11.1 Å². The summed E-state index contributed by atoms with van der Waals surface area (Å²) in [5.74, 6) is 0.675. The van der Waals surface area contributed by atoms with E-state index < -0.39 is 0 Å². The summed E-state index contributed by atoms with van der Waals surface area (Å²) in [5, 5.41) is 1.70. The fraction of sp³-hybridized carbons (Fsp3) is 0.308.